The van der Waals surface area contributed by atoms with Crippen molar-refractivity contribution in [1.29, 1.82) is 0 Å². The Morgan fingerprint density at radius 2 is 1.76 bits per heavy atom. The fourth-order valence-corrected chi connectivity index (χ4v) is 2.74. The monoisotopic (exact) mass is 340 g/mol. The summed E-state index contributed by atoms with van der Waals surface area (Å²) >= 11 is 0. The topological polar surface area (TPSA) is 76.7 Å². The number of urea groups is 1. The minimum atomic E-state index is -0.444. The molecule has 2 N–H and O–H groups in total. The van der Waals surface area contributed by atoms with Crippen LogP contribution in [0.25, 0.3) is 0 Å². The van der Waals surface area contributed by atoms with E-state index in [9.17, 15) is 9.59 Å². The molecule has 0 bridgehead atoms. The van der Waals surface area contributed by atoms with Crippen molar-refractivity contribution in [3.63, 3.8) is 0 Å². The fourth-order valence-electron chi connectivity index (χ4n) is 2.74. The molecule has 0 radical (unpaired) electrons. The Labute approximate surface area is 146 Å². The summed E-state index contributed by atoms with van der Waals surface area (Å²) in [7, 11) is 2.94. The number of carbonyl (C=O) groups excluding carboxylic acids is 2. The lowest BCUT2D eigenvalue weighted by Crippen LogP contribution is -2.38. The molecule has 1 saturated carbocycles. The Bertz CT molecular complexity index is 782. The molecule has 2 aromatic carbocycles. The Morgan fingerprint density at radius 1 is 1.04 bits per heavy atom. The summed E-state index contributed by atoms with van der Waals surface area (Å²) in [5.41, 5.74) is 1.63. The highest BCUT2D eigenvalue weighted by Gasteiger charge is 2.45. The van der Waals surface area contributed by atoms with Crippen LogP contribution in [0.3, 0.4) is 0 Å². The molecule has 0 unspecified atom stereocenters. The van der Waals surface area contributed by atoms with E-state index in [1.54, 1.807) is 31.4 Å². The average molecular weight is 340 g/mol. The molecule has 2 aromatic rings. The zero-order chi connectivity index (χ0) is 17.9. The number of anilines is 1. The molecule has 25 heavy (non-hydrogen) atoms. The van der Waals surface area contributed by atoms with Crippen LogP contribution in [0.5, 0.6) is 5.75 Å². The van der Waals surface area contributed by atoms with Crippen molar-refractivity contribution in [1.82, 2.24) is 5.32 Å². The van der Waals surface area contributed by atoms with Gasteiger partial charge in [-0.05, 0) is 48.7 Å². The molecule has 2 amide bonds. The fraction of sp³-hybridized carbons (Fsp3) is 0.263. The number of hydrogen-bond donors (Lipinski definition) is 2. The summed E-state index contributed by atoms with van der Waals surface area (Å²) < 4.78 is 9.85. The SMILES string of the molecule is COC(=O)c1cccc(NC(=O)NC2(c3ccc(OC)cc3)CC2)c1. The van der Waals surface area contributed by atoms with Gasteiger partial charge in [0.15, 0.2) is 0 Å². The van der Waals surface area contributed by atoms with Crippen LogP contribution in [0.4, 0.5) is 10.5 Å². The van der Waals surface area contributed by atoms with Crippen molar-refractivity contribution in [2.24, 2.45) is 0 Å². The van der Waals surface area contributed by atoms with Crippen molar-refractivity contribution in [2.75, 3.05) is 19.5 Å². The third-order valence-electron chi connectivity index (χ3n) is 4.29. The molecule has 130 valence electrons. The van der Waals surface area contributed by atoms with E-state index in [1.807, 2.05) is 24.3 Å². The number of nitrogens with one attached hydrogen (secondary N) is 2. The molecular formula is C19H20N2O4. The third kappa shape index (κ3) is 3.74. The Hall–Kier alpha value is -3.02. The van der Waals surface area contributed by atoms with E-state index in [4.69, 9.17) is 4.74 Å². The second kappa shape index (κ2) is 6.84. The average Bonchev–Trinajstić information content (AvgIpc) is 3.41. The van der Waals surface area contributed by atoms with Crippen LogP contribution >= 0.6 is 0 Å². The first-order valence-electron chi connectivity index (χ1n) is 7.98. The van der Waals surface area contributed by atoms with Gasteiger partial charge in [0.2, 0.25) is 0 Å². The lowest BCUT2D eigenvalue weighted by atomic mass is 10.1. The highest BCUT2D eigenvalue weighted by atomic mass is 16.5. The number of methoxy groups -OCH3 is 2. The maximum absolute atomic E-state index is 12.4. The first kappa shape index (κ1) is 16.8. The van der Waals surface area contributed by atoms with Gasteiger partial charge in [0, 0.05) is 5.69 Å². The van der Waals surface area contributed by atoms with E-state index in [2.05, 4.69) is 15.4 Å². The van der Waals surface area contributed by atoms with E-state index < -0.39 is 5.97 Å². The van der Waals surface area contributed by atoms with Crippen LogP contribution in [-0.2, 0) is 10.3 Å². The highest BCUT2D eigenvalue weighted by molar-refractivity contribution is 5.94. The van der Waals surface area contributed by atoms with Gasteiger partial charge in [-0.2, -0.15) is 0 Å². The van der Waals surface area contributed by atoms with Gasteiger partial charge in [-0.1, -0.05) is 18.2 Å². The molecule has 3 rings (SSSR count). The van der Waals surface area contributed by atoms with Gasteiger partial charge in [-0.25, -0.2) is 9.59 Å². The number of benzene rings is 2. The molecule has 0 atom stereocenters. The van der Waals surface area contributed by atoms with Gasteiger partial charge in [0.1, 0.15) is 5.75 Å². The lowest BCUT2D eigenvalue weighted by Gasteiger charge is -2.19. The van der Waals surface area contributed by atoms with Gasteiger partial charge >= 0.3 is 12.0 Å². The summed E-state index contributed by atoms with van der Waals surface area (Å²) in [6.07, 6.45) is 1.77. The Morgan fingerprint density at radius 3 is 2.36 bits per heavy atom. The molecule has 0 spiro atoms. The molecule has 1 aliphatic carbocycles. The zero-order valence-corrected chi connectivity index (χ0v) is 14.2. The van der Waals surface area contributed by atoms with E-state index in [0.717, 1.165) is 24.2 Å². The largest absolute Gasteiger partial charge is 0.497 e. The molecular weight excluding hydrogens is 320 g/mol. The first-order valence-corrected chi connectivity index (χ1v) is 7.98. The van der Waals surface area contributed by atoms with Crippen LogP contribution in [0.15, 0.2) is 48.5 Å². The third-order valence-corrected chi connectivity index (χ3v) is 4.29. The second-order valence-electron chi connectivity index (χ2n) is 5.96. The lowest BCUT2D eigenvalue weighted by molar-refractivity contribution is 0.0600. The van der Waals surface area contributed by atoms with Crippen LogP contribution in [0, 0.1) is 0 Å². The van der Waals surface area contributed by atoms with Crippen LogP contribution in [-0.4, -0.2) is 26.2 Å². The van der Waals surface area contributed by atoms with E-state index >= 15 is 0 Å². The van der Waals surface area contributed by atoms with Gasteiger partial charge in [-0.3, -0.25) is 0 Å². The highest BCUT2D eigenvalue weighted by Crippen LogP contribution is 2.45. The van der Waals surface area contributed by atoms with Crippen molar-refractivity contribution < 1.29 is 19.1 Å². The van der Waals surface area contributed by atoms with Crippen molar-refractivity contribution in [2.45, 2.75) is 18.4 Å². The first-order chi connectivity index (χ1) is 12.1. The number of esters is 1. The molecule has 0 saturated heterocycles. The summed E-state index contributed by atoms with van der Waals surface area (Å²) in [5, 5.41) is 5.79. The number of ether oxygens (including phenoxy) is 2. The number of carbonyl (C=O) groups is 2. The Balaban J connectivity index is 1.67. The van der Waals surface area contributed by atoms with E-state index in [0.29, 0.717) is 11.3 Å². The number of hydrogen-bond acceptors (Lipinski definition) is 4. The number of rotatable bonds is 5. The van der Waals surface area contributed by atoms with Crippen LogP contribution in [0.1, 0.15) is 28.8 Å². The van der Waals surface area contributed by atoms with Gasteiger partial charge in [0.05, 0.1) is 25.3 Å². The van der Waals surface area contributed by atoms with Crippen molar-refractivity contribution in [3.8, 4) is 5.75 Å². The molecule has 0 aliphatic heterocycles. The standard InChI is InChI=1S/C19H20N2O4/c1-24-16-8-6-14(7-9-16)19(10-11-19)21-18(23)20-15-5-3-4-13(12-15)17(22)25-2/h3-9,12H,10-11H2,1-2H3,(H2,20,21,23). The van der Waals surface area contributed by atoms with E-state index in [1.165, 1.54) is 7.11 Å². The minimum Gasteiger partial charge on any atom is -0.497 e. The molecule has 1 aliphatic rings. The maximum Gasteiger partial charge on any atom is 0.337 e. The summed E-state index contributed by atoms with van der Waals surface area (Å²) in [5.74, 6) is 0.338. The molecule has 6 nitrogen and oxygen atoms in total. The molecule has 1 fully saturated rings. The predicted molar refractivity (Wildman–Crippen MR) is 93.8 cm³/mol. The van der Waals surface area contributed by atoms with Crippen molar-refractivity contribution >= 4 is 17.7 Å². The van der Waals surface area contributed by atoms with Gasteiger partial charge < -0.3 is 20.1 Å². The summed E-state index contributed by atoms with van der Waals surface area (Å²) in [4.78, 5) is 23.9. The van der Waals surface area contributed by atoms with Crippen LogP contribution < -0.4 is 15.4 Å². The maximum atomic E-state index is 12.4. The number of amides is 2. The zero-order valence-electron chi connectivity index (χ0n) is 14.2. The quantitative estimate of drug-likeness (QED) is 0.819. The Kier molecular flexibility index (Phi) is 4.61. The van der Waals surface area contributed by atoms with Crippen molar-refractivity contribution in [3.05, 3.63) is 59.7 Å². The van der Waals surface area contributed by atoms with Gasteiger partial charge in [-0.15, -0.1) is 0 Å². The predicted octanol–water partition coefficient (Wildman–Crippen LogP) is 3.29. The smallest absolute Gasteiger partial charge is 0.337 e. The summed E-state index contributed by atoms with van der Waals surface area (Å²) in [6, 6.07) is 14.0. The molecule has 0 aromatic heterocycles. The van der Waals surface area contributed by atoms with Gasteiger partial charge in [0.25, 0.3) is 0 Å². The summed E-state index contributed by atoms with van der Waals surface area (Å²) in [6.45, 7) is 0. The second-order valence-corrected chi connectivity index (χ2v) is 5.96. The van der Waals surface area contributed by atoms with E-state index in [-0.39, 0.29) is 11.6 Å². The van der Waals surface area contributed by atoms with Crippen LogP contribution in [0.2, 0.25) is 0 Å². The normalized spacial score (nSPS) is 14.3. The molecule has 6 heteroatoms. The minimum absolute atomic E-state index is 0.310. The molecule has 0 heterocycles.